The van der Waals surface area contributed by atoms with Crippen molar-refractivity contribution in [2.24, 2.45) is 16.9 Å². The first-order valence-electron chi connectivity index (χ1n) is 8.05. The average molecular weight is 376 g/mol. The minimum Gasteiger partial charge on any atom is -0.344 e. The molecule has 2 aromatic rings. The molecule has 4 aliphatic rings. The maximum Gasteiger partial charge on any atom is 0.165 e. The Kier molecular flexibility index (Phi) is 2.87. The molecule has 1 aromatic heterocycles. The van der Waals surface area contributed by atoms with Crippen molar-refractivity contribution in [3.63, 3.8) is 0 Å². The number of nitrogens with one attached hydrogen (secondary N) is 2. The lowest BCUT2D eigenvalue weighted by Crippen LogP contribution is -2.62. The lowest BCUT2D eigenvalue weighted by molar-refractivity contribution is 0.0394. The molecule has 1 aromatic carbocycles. The van der Waals surface area contributed by atoms with E-state index in [9.17, 15) is 0 Å². The van der Waals surface area contributed by atoms with Crippen LogP contribution < -0.4 is 10.7 Å². The zero-order chi connectivity index (χ0) is 14.7. The maximum atomic E-state index is 4.68. The summed E-state index contributed by atoms with van der Waals surface area (Å²) in [5, 5.41) is 9.73. The van der Waals surface area contributed by atoms with Crippen molar-refractivity contribution in [1.82, 2.24) is 10.7 Å². The zero-order valence-electron chi connectivity index (χ0n) is 12.2. The van der Waals surface area contributed by atoms with Crippen LogP contribution in [0.1, 0.15) is 37.0 Å². The van der Waals surface area contributed by atoms with Gasteiger partial charge in [0.15, 0.2) is 5.84 Å². The first kappa shape index (κ1) is 13.4. The summed E-state index contributed by atoms with van der Waals surface area (Å²) in [5.41, 5.74) is 3.51. The molecule has 6 rings (SSSR count). The van der Waals surface area contributed by atoms with E-state index in [1.807, 2.05) is 11.3 Å². The second-order valence-corrected chi connectivity index (χ2v) is 8.77. The SMILES string of the molecule is Brc1cccc2cc(C3=NN[C@@]4(CC5CCC4CC5)N3)sc12. The highest BCUT2D eigenvalue weighted by atomic mass is 79.9. The zero-order valence-corrected chi connectivity index (χ0v) is 14.6. The summed E-state index contributed by atoms with van der Waals surface area (Å²) < 4.78 is 2.47. The fourth-order valence-electron chi connectivity index (χ4n) is 4.46. The predicted molar refractivity (Wildman–Crippen MR) is 95.1 cm³/mol. The molecule has 3 saturated carbocycles. The second-order valence-electron chi connectivity index (χ2n) is 6.86. The Morgan fingerprint density at radius 2 is 2.09 bits per heavy atom. The number of thiophene rings is 1. The molecule has 1 spiro atoms. The number of rotatable bonds is 1. The van der Waals surface area contributed by atoms with E-state index in [0.717, 1.165) is 17.7 Å². The van der Waals surface area contributed by atoms with Crippen molar-refractivity contribution in [3.8, 4) is 0 Å². The summed E-state index contributed by atoms with van der Waals surface area (Å²) in [6.07, 6.45) is 6.71. The van der Waals surface area contributed by atoms with Crippen molar-refractivity contribution in [1.29, 1.82) is 0 Å². The van der Waals surface area contributed by atoms with E-state index >= 15 is 0 Å². The van der Waals surface area contributed by atoms with Gasteiger partial charge in [0.1, 0.15) is 5.66 Å². The van der Waals surface area contributed by atoms with Crippen LogP contribution in [0.5, 0.6) is 0 Å². The molecule has 3 nitrogen and oxygen atoms in total. The number of nitrogens with zero attached hydrogens (tertiary/aromatic N) is 1. The summed E-state index contributed by atoms with van der Waals surface area (Å²) in [5.74, 6) is 2.62. The number of hydrogen-bond acceptors (Lipinski definition) is 4. The van der Waals surface area contributed by atoms with E-state index in [-0.39, 0.29) is 5.66 Å². The number of fused-ring (bicyclic) bond motifs is 3. The largest absolute Gasteiger partial charge is 0.344 e. The van der Waals surface area contributed by atoms with Crippen molar-refractivity contribution < 1.29 is 0 Å². The lowest BCUT2D eigenvalue weighted by atomic mass is 9.64. The quantitative estimate of drug-likeness (QED) is 0.773. The molecule has 0 amide bonds. The van der Waals surface area contributed by atoms with Gasteiger partial charge in [0.05, 0.1) is 4.88 Å². The number of hydrogen-bond donors (Lipinski definition) is 2. The Morgan fingerprint density at radius 1 is 1.23 bits per heavy atom. The van der Waals surface area contributed by atoms with Crippen LogP contribution in [0.3, 0.4) is 0 Å². The van der Waals surface area contributed by atoms with Crippen LogP contribution in [0.2, 0.25) is 0 Å². The molecule has 3 fully saturated rings. The molecule has 1 atom stereocenters. The van der Waals surface area contributed by atoms with Gasteiger partial charge in [0.25, 0.3) is 0 Å². The first-order valence-corrected chi connectivity index (χ1v) is 9.66. The van der Waals surface area contributed by atoms with Gasteiger partial charge in [-0.05, 0) is 71.5 Å². The van der Waals surface area contributed by atoms with Crippen LogP contribution in [0, 0.1) is 11.8 Å². The average Bonchev–Trinajstić information content (AvgIpc) is 3.14. The molecule has 2 N–H and O–H groups in total. The highest BCUT2D eigenvalue weighted by molar-refractivity contribution is 9.10. The fraction of sp³-hybridized carbons (Fsp3) is 0.471. The highest BCUT2D eigenvalue weighted by Gasteiger charge is 2.50. The molecule has 2 heterocycles. The van der Waals surface area contributed by atoms with E-state index in [2.05, 4.69) is 56.0 Å². The highest BCUT2D eigenvalue weighted by Crippen LogP contribution is 2.47. The van der Waals surface area contributed by atoms with E-state index in [0.29, 0.717) is 0 Å². The third-order valence-corrected chi connectivity index (χ3v) is 7.71. The van der Waals surface area contributed by atoms with Gasteiger partial charge in [-0.25, -0.2) is 0 Å². The van der Waals surface area contributed by atoms with Crippen molar-refractivity contribution in [3.05, 3.63) is 33.6 Å². The monoisotopic (exact) mass is 375 g/mol. The minimum atomic E-state index is 0.0317. The molecule has 3 aliphatic carbocycles. The number of hydrazone groups is 1. The Bertz CT molecular complexity index is 775. The number of halogens is 1. The smallest absolute Gasteiger partial charge is 0.165 e. The molecule has 114 valence electrons. The van der Waals surface area contributed by atoms with Crippen molar-refractivity contribution >= 4 is 43.2 Å². The van der Waals surface area contributed by atoms with Gasteiger partial charge in [-0.3, -0.25) is 5.43 Å². The van der Waals surface area contributed by atoms with Crippen LogP contribution in [0.4, 0.5) is 0 Å². The Balaban J connectivity index is 1.48. The minimum absolute atomic E-state index is 0.0317. The summed E-state index contributed by atoms with van der Waals surface area (Å²) in [6, 6.07) is 8.61. The summed E-state index contributed by atoms with van der Waals surface area (Å²) >= 11 is 5.46. The maximum absolute atomic E-state index is 4.68. The third-order valence-electron chi connectivity index (χ3n) is 5.59. The predicted octanol–water partition coefficient (Wildman–Crippen LogP) is 4.42. The van der Waals surface area contributed by atoms with Crippen molar-refractivity contribution in [2.45, 2.75) is 37.8 Å². The molecule has 5 heteroatoms. The number of benzene rings is 1. The van der Waals surface area contributed by atoms with Crippen molar-refractivity contribution in [2.75, 3.05) is 0 Å². The summed E-state index contributed by atoms with van der Waals surface area (Å²) in [7, 11) is 0. The number of amidine groups is 1. The molecule has 0 radical (unpaired) electrons. The van der Waals surface area contributed by atoms with Crippen LogP contribution in [0.25, 0.3) is 10.1 Å². The Hall–Kier alpha value is -1.07. The molecule has 1 aliphatic heterocycles. The topological polar surface area (TPSA) is 36.4 Å². The normalized spacial score (nSPS) is 33.0. The summed E-state index contributed by atoms with van der Waals surface area (Å²) in [4.78, 5) is 1.23. The van der Waals surface area contributed by atoms with Crippen LogP contribution in [-0.2, 0) is 0 Å². The molecule has 0 saturated heterocycles. The standard InChI is InChI=1S/C17H18BrN3S/c18-13-3-1-2-11-8-14(22-15(11)13)16-19-17(21-20-16)9-10-4-6-12(17)7-5-10/h1-3,8,10,12,21H,4-7,9H2,(H,19,20)/t10?,12?,17-/m1/s1. The van der Waals surface area contributed by atoms with Crippen LogP contribution in [-0.4, -0.2) is 11.5 Å². The molecular weight excluding hydrogens is 358 g/mol. The van der Waals surface area contributed by atoms with E-state index in [4.69, 9.17) is 0 Å². The van der Waals surface area contributed by atoms with Crippen LogP contribution >= 0.6 is 27.3 Å². The van der Waals surface area contributed by atoms with Gasteiger partial charge in [-0.1, -0.05) is 12.1 Å². The molecular formula is C17H18BrN3S. The van der Waals surface area contributed by atoms with Crippen LogP contribution in [0.15, 0.2) is 33.8 Å². The van der Waals surface area contributed by atoms with Gasteiger partial charge in [0, 0.05) is 15.1 Å². The van der Waals surface area contributed by atoms with Gasteiger partial charge >= 0.3 is 0 Å². The van der Waals surface area contributed by atoms with Gasteiger partial charge < -0.3 is 5.32 Å². The first-order chi connectivity index (χ1) is 10.7. The van der Waals surface area contributed by atoms with E-state index in [1.54, 1.807) is 0 Å². The van der Waals surface area contributed by atoms with Gasteiger partial charge in [-0.15, -0.1) is 11.3 Å². The fourth-order valence-corrected chi connectivity index (χ4v) is 6.09. The Labute approximate surface area is 142 Å². The third kappa shape index (κ3) is 1.88. The molecule has 0 unspecified atom stereocenters. The molecule has 22 heavy (non-hydrogen) atoms. The van der Waals surface area contributed by atoms with E-state index < -0.39 is 0 Å². The van der Waals surface area contributed by atoms with Gasteiger partial charge in [-0.2, -0.15) is 5.10 Å². The summed E-state index contributed by atoms with van der Waals surface area (Å²) in [6.45, 7) is 0. The van der Waals surface area contributed by atoms with Gasteiger partial charge in [0.2, 0.25) is 0 Å². The molecule has 2 bridgehead atoms. The second kappa shape index (κ2) is 4.71. The van der Waals surface area contributed by atoms with E-state index in [1.165, 1.54) is 51.5 Å². The Morgan fingerprint density at radius 3 is 2.82 bits per heavy atom. The lowest BCUT2D eigenvalue weighted by Gasteiger charge is -2.49.